The van der Waals surface area contributed by atoms with Crippen LogP contribution in [0.4, 0.5) is 34.1 Å². The fourth-order valence-corrected chi connectivity index (χ4v) is 8.64. The highest BCUT2D eigenvalue weighted by molar-refractivity contribution is 5.89. The number of hydrogen-bond acceptors (Lipinski definition) is 2. The number of para-hydroxylation sites is 2. The van der Waals surface area contributed by atoms with E-state index in [0.29, 0.717) is 0 Å². The van der Waals surface area contributed by atoms with Gasteiger partial charge in [0.15, 0.2) is 0 Å². The third-order valence-electron chi connectivity index (χ3n) is 11.2. The number of benzene rings is 8. The van der Waals surface area contributed by atoms with Crippen LogP contribution < -0.4 is 9.80 Å². The van der Waals surface area contributed by atoms with Crippen LogP contribution in [-0.2, 0) is 25.7 Å². The van der Waals surface area contributed by atoms with Gasteiger partial charge in [0.05, 0.1) is 0 Å². The first-order valence-electron chi connectivity index (χ1n) is 19.1. The lowest BCUT2D eigenvalue weighted by molar-refractivity contribution is 0.875. The molecule has 8 aromatic rings. The Hall–Kier alpha value is -6.64. The minimum atomic E-state index is 1.03. The quantitative estimate of drug-likeness (QED) is 0.156. The van der Waals surface area contributed by atoms with Crippen molar-refractivity contribution >= 4 is 34.1 Å². The maximum absolute atomic E-state index is 2.47. The van der Waals surface area contributed by atoms with Gasteiger partial charge in [0.25, 0.3) is 0 Å². The molecule has 0 saturated heterocycles. The van der Waals surface area contributed by atoms with Gasteiger partial charge in [0.1, 0.15) is 0 Å². The van der Waals surface area contributed by atoms with Crippen LogP contribution in [0.3, 0.4) is 0 Å². The molecule has 258 valence electrons. The molecular weight excluding hydrogens is 653 g/mol. The summed E-state index contributed by atoms with van der Waals surface area (Å²) in [4.78, 5) is 4.86. The van der Waals surface area contributed by atoms with Crippen molar-refractivity contribution in [2.75, 3.05) is 9.80 Å². The van der Waals surface area contributed by atoms with Crippen LogP contribution in [0.25, 0.3) is 33.4 Å². The van der Waals surface area contributed by atoms with Crippen LogP contribution in [-0.4, -0.2) is 0 Å². The molecule has 0 N–H and O–H groups in total. The van der Waals surface area contributed by atoms with E-state index < -0.39 is 0 Å². The van der Waals surface area contributed by atoms with Crippen LogP contribution in [0.1, 0.15) is 22.3 Å². The summed E-state index contributed by atoms with van der Waals surface area (Å²) < 4.78 is 0. The summed E-state index contributed by atoms with van der Waals surface area (Å²) in [7, 11) is 0. The molecule has 0 saturated carbocycles. The van der Waals surface area contributed by atoms with Gasteiger partial charge in [-0.1, -0.05) is 121 Å². The average Bonchev–Trinajstić information content (AvgIpc) is 3.25. The van der Waals surface area contributed by atoms with Gasteiger partial charge >= 0.3 is 0 Å². The number of hydrogen-bond donors (Lipinski definition) is 0. The van der Waals surface area contributed by atoms with Crippen molar-refractivity contribution in [1.29, 1.82) is 0 Å². The SMILES string of the molecule is c1ccc(-c2ccc(N(c3ccccc3)c3cc4c5c(c3)CCc3cc(N(c6ccccc6)c6ccc(-c7ccccc7)cc6)cc(c3-5)CC4)cc2)cc1. The Balaban J connectivity index is 1.04. The van der Waals surface area contributed by atoms with Gasteiger partial charge in [0, 0.05) is 34.1 Å². The smallest absolute Gasteiger partial charge is 0.0467 e. The second-order valence-corrected chi connectivity index (χ2v) is 14.4. The minimum absolute atomic E-state index is 1.03. The molecule has 0 aromatic heterocycles. The van der Waals surface area contributed by atoms with Crippen LogP contribution in [0.2, 0.25) is 0 Å². The number of rotatable bonds is 8. The fourth-order valence-electron chi connectivity index (χ4n) is 8.64. The Kier molecular flexibility index (Phi) is 8.15. The minimum Gasteiger partial charge on any atom is -0.310 e. The van der Waals surface area contributed by atoms with E-state index in [1.807, 2.05) is 0 Å². The summed E-state index contributed by atoms with van der Waals surface area (Å²) in [5.41, 5.74) is 20.9. The van der Waals surface area contributed by atoms with Crippen LogP contribution >= 0.6 is 0 Å². The first-order valence-corrected chi connectivity index (χ1v) is 19.1. The molecule has 0 spiro atoms. The van der Waals surface area contributed by atoms with Crippen LogP contribution in [0, 0.1) is 0 Å². The van der Waals surface area contributed by atoms with Gasteiger partial charge < -0.3 is 9.80 Å². The van der Waals surface area contributed by atoms with Crippen molar-refractivity contribution in [1.82, 2.24) is 0 Å². The van der Waals surface area contributed by atoms with Crippen molar-refractivity contribution in [3.05, 3.63) is 216 Å². The van der Waals surface area contributed by atoms with E-state index >= 15 is 0 Å². The summed E-state index contributed by atoms with van der Waals surface area (Å²) >= 11 is 0. The summed E-state index contributed by atoms with van der Waals surface area (Å²) in [6.45, 7) is 0. The molecule has 0 radical (unpaired) electrons. The highest BCUT2D eigenvalue weighted by atomic mass is 15.1. The topological polar surface area (TPSA) is 6.48 Å². The van der Waals surface area contributed by atoms with Crippen molar-refractivity contribution in [2.24, 2.45) is 0 Å². The first kappa shape index (κ1) is 32.0. The Morgan fingerprint density at radius 1 is 0.241 bits per heavy atom. The molecule has 8 aromatic carbocycles. The molecule has 0 bridgehead atoms. The number of anilines is 6. The summed E-state index contributed by atoms with van der Waals surface area (Å²) in [5.74, 6) is 0. The molecule has 2 aliphatic rings. The highest BCUT2D eigenvalue weighted by Crippen LogP contribution is 2.49. The maximum atomic E-state index is 2.47. The van der Waals surface area contributed by atoms with Crippen LogP contribution in [0.5, 0.6) is 0 Å². The second-order valence-electron chi connectivity index (χ2n) is 14.4. The summed E-state index contributed by atoms with van der Waals surface area (Å²) in [5, 5.41) is 0. The van der Waals surface area contributed by atoms with Gasteiger partial charge in [-0.3, -0.25) is 0 Å². The molecular formula is C52H40N2. The lowest BCUT2D eigenvalue weighted by Crippen LogP contribution is -2.18. The Morgan fingerprint density at radius 2 is 0.500 bits per heavy atom. The van der Waals surface area contributed by atoms with E-state index in [9.17, 15) is 0 Å². The molecule has 0 amide bonds. The van der Waals surface area contributed by atoms with Crippen molar-refractivity contribution in [3.8, 4) is 33.4 Å². The van der Waals surface area contributed by atoms with E-state index in [-0.39, 0.29) is 0 Å². The molecule has 0 aliphatic heterocycles. The molecule has 0 fully saturated rings. The van der Waals surface area contributed by atoms with Crippen molar-refractivity contribution < 1.29 is 0 Å². The molecule has 2 heteroatoms. The lowest BCUT2D eigenvalue weighted by atomic mass is 9.75. The molecule has 0 heterocycles. The fraction of sp³-hybridized carbons (Fsp3) is 0.0769. The van der Waals surface area contributed by atoms with Crippen molar-refractivity contribution in [2.45, 2.75) is 25.7 Å². The maximum Gasteiger partial charge on any atom is 0.0467 e. The largest absolute Gasteiger partial charge is 0.310 e. The molecule has 0 atom stereocenters. The second kappa shape index (κ2) is 13.7. The van der Waals surface area contributed by atoms with E-state index in [1.165, 1.54) is 89.8 Å². The molecule has 54 heavy (non-hydrogen) atoms. The lowest BCUT2D eigenvalue weighted by Gasteiger charge is -2.34. The van der Waals surface area contributed by atoms with E-state index in [4.69, 9.17) is 0 Å². The van der Waals surface area contributed by atoms with E-state index in [2.05, 4.69) is 204 Å². The zero-order valence-corrected chi connectivity index (χ0v) is 30.2. The third-order valence-corrected chi connectivity index (χ3v) is 11.2. The Bertz CT molecular complexity index is 2330. The predicted octanol–water partition coefficient (Wildman–Crippen LogP) is 13.8. The first-order chi connectivity index (χ1) is 26.8. The average molecular weight is 693 g/mol. The van der Waals surface area contributed by atoms with Crippen molar-refractivity contribution in [3.63, 3.8) is 0 Å². The summed E-state index contributed by atoms with van der Waals surface area (Å²) in [6.07, 6.45) is 4.11. The molecule has 2 aliphatic carbocycles. The number of nitrogens with zero attached hydrogens (tertiary/aromatic N) is 2. The monoisotopic (exact) mass is 692 g/mol. The Labute approximate surface area is 318 Å². The van der Waals surface area contributed by atoms with E-state index in [0.717, 1.165) is 25.7 Å². The highest BCUT2D eigenvalue weighted by Gasteiger charge is 2.29. The number of aryl methyl sites for hydroxylation is 4. The molecule has 0 unspecified atom stereocenters. The zero-order chi connectivity index (χ0) is 35.8. The van der Waals surface area contributed by atoms with Gasteiger partial charge in [0.2, 0.25) is 0 Å². The normalized spacial score (nSPS) is 12.5. The van der Waals surface area contributed by atoms with Gasteiger partial charge in [-0.15, -0.1) is 0 Å². The predicted molar refractivity (Wildman–Crippen MR) is 227 cm³/mol. The molecule has 10 rings (SSSR count). The third kappa shape index (κ3) is 5.87. The molecule has 2 nitrogen and oxygen atoms in total. The van der Waals surface area contributed by atoms with E-state index in [1.54, 1.807) is 0 Å². The standard InChI is InChI=1S/C52H40N2/c1-5-13-37(14-6-1)39-25-29-47(30-26-39)53(45-17-9-3-10-18-45)49-33-41-21-23-43-35-50(36-44-24-22-42(34-49)51(41)52(43)44)54(46-19-11-4-12-20-46)48-31-27-40(28-32-48)38-15-7-2-8-16-38/h1-20,25-36H,21-24H2. The zero-order valence-electron chi connectivity index (χ0n) is 30.2. The van der Waals surface area contributed by atoms with Gasteiger partial charge in [-0.2, -0.15) is 0 Å². The Morgan fingerprint density at radius 3 is 0.815 bits per heavy atom. The van der Waals surface area contributed by atoms with Crippen LogP contribution in [0.15, 0.2) is 194 Å². The van der Waals surface area contributed by atoms with Gasteiger partial charge in [-0.05, 0) is 154 Å². The summed E-state index contributed by atoms with van der Waals surface area (Å²) in [6, 6.07) is 70.8. The van der Waals surface area contributed by atoms with Gasteiger partial charge in [-0.25, -0.2) is 0 Å².